The molecule has 178 valence electrons. The van der Waals surface area contributed by atoms with Gasteiger partial charge in [-0.1, -0.05) is 37.1 Å². The maximum Gasteiger partial charge on any atom is 0.254 e. The van der Waals surface area contributed by atoms with E-state index in [1.807, 2.05) is 24.3 Å². The predicted octanol–water partition coefficient (Wildman–Crippen LogP) is 3.47. The van der Waals surface area contributed by atoms with Gasteiger partial charge in [-0.2, -0.15) is 5.10 Å². The van der Waals surface area contributed by atoms with Crippen LogP contribution in [0.25, 0.3) is 11.3 Å². The Kier molecular flexibility index (Phi) is 6.93. The minimum Gasteiger partial charge on any atom is -0.496 e. The first-order chi connectivity index (χ1) is 16.4. The van der Waals surface area contributed by atoms with Crippen LogP contribution in [0.5, 0.6) is 5.75 Å². The summed E-state index contributed by atoms with van der Waals surface area (Å²) in [6, 6.07) is 11.5. The van der Waals surface area contributed by atoms with Crippen molar-refractivity contribution in [1.29, 1.82) is 0 Å². The minimum atomic E-state index is -0.603. The number of Topliss-reactive ketones (excluding diaryl/α,β-unsaturated/α-hetero) is 1. The van der Waals surface area contributed by atoms with Crippen molar-refractivity contribution in [3.8, 4) is 17.0 Å². The molecule has 2 aromatic carbocycles. The number of nitrogens with one attached hydrogen (secondary N) is 1. The van der Waals surface area contributed by atoms with Crippen LogP contribution in [0.2, 0.25) is 0 Å². The molecule has 5 N–H and O–H groups in total. The van der Waals surface area contributed by atoms with Gasteiger partial charge in [0.15, 0.2) is 5.78 Å². The fourth-order valence-corrected chi connectivity index (χ4v) is 4.41. The minimum absolute atomic E-state index is 0.0235. The number of methoxy groups -OCH3 is 1. The lowest BCUT2D eigenvalue weighted by Crippen LogP contribution is -2.23. The summed E-state index contributed by atoms with van der Waals surface area (Å²) in [6.07, 6.45) is 4.19. The number of ether oxygens (including phenoxy) is 1. The number of anilines is 1. The largest absolute Gasteiger partial charge is 0.496 e. The molecule has 1 aliphatic carbocycles. The molecule has 0 bridgehead atoms. The lowest BCUT2D eigenvalue weighted by molar-refractivity contribution is 0.0983. The summed E-state index contributed by atoms with van der Waals surface area (Å²) in [5.74, 6) is -0.725. The Morgan fingerprint density at radius 1 is 1.18 bits per heavy atom. The quantitative estimate of drug-likeness (QED) is 0.416. The molecule has 1 saturated carbocycles. The Bertz CT molecular complexity index is 1200. The molecule has 1 heterocycles. The first kappa shape index (κ1) is 23.4. The second-order valence-electron chi connectivity index (χ2n) is 8.42. The number of nitrogens with zero attached hydrogens (tertiary/aromatic N) is 2. The van der Waals surface area contributed by atoms with Crippen LogP contribution in [-0.2, 0) is 6.54 Å². The SMILES string of the molecule is COc1ccc(F)cc1C(=O)CNCc1ccc(-c2nn(C3CCCC3)c(N)c2C(N)=O)cc1. The first-order valence-electron chi connectivity index (χ1n) is 11.2. The van der Waals surface area contributed by atoms with Crippen LogP contribution >= 0.6 is 0 Å². The van der Waals surface area contributed by atoms with E-state index >= 15 is 0 Å². The molecule has 1 fully saturated rings. The number of primary amides is 1. The van der Waals surface area contributed by atoms with E-state index in [-0.39, 0.29) is 29.5 Å². The summed E-state index contributed by atoms with van der Waals surface area (Å²) in [6.45, 7) is 0.445. The fourth-order valence-electron chi connectivity index (χ4n) is 4.41. The zero-order chi connectivity index (χ0) is 24.2. The Labute approximate surface area is 197 Å². The highest BCUT2D eigenvalue weighted by Crippen LogP contribution is 2.35. The van der Waals surface area contributed by atoms with Crippen molar-refractivity contribution >= 4 is 17.5 Å². The molecule has 1 aromatic heterocycles. The molecule has 0 aliphatic heterocycles. The van der Waals surface area contributed by atoms with Gasteiger partial charge in [-0.05, 0) is 36.6 Å². The van der Waals surface area contributed by atoms with E-state index < -0.39 is 11.7 Å². The lowest BCUT2D eigenvalue weighted by atomic mass is 10.0. The van der Waals surface area contributed by atoms with Gasteiger partial charge in [-0.3, -0.25) is 9.59 Å². The van der Waals surface area contributed by atoms with E-state index in [0.717, 1.165) is 36.8 Å². The Hall–Kier alpha value is -3.72. The summed E-state index contributed by atoms with van der Waals surface area (Å²) in [5, 5.41) is 7.71. The van der Waals surface area contributed by atoms with E-state index in [1.54, 1.807) is 4.68 Å². The van der Waals surface area contributed by atoms with Gasteiger partial charge in [0.05, 0.1) is 25.3 Å². The van der Waals surface area contributed by atoms with Crippen molar-refractivity contribution in [3.05, 3.63) is 65.0 Å². The van der Waals surface area contributed by atoms with E-state index in [2.05, 4.69) is 10.4 Å². The smallest absolute Gasteiger partial charge is 0.254 e. The fraction of sp³-hybridized carbons (Fsp3) is 0.320. The Morgan fingerprint density at radius 2 is 1.88 bits per heavy atom. The average Bonchev–Trinajstić information content (AvgIpc) is 3.47. The number of carbonyl (C=O) groups excluding carboxylic acids is 2. The third-order valence-electron chi connectivity index (χ3n) is 6.17. The van der Waals surface area contributed by atoms with Gasteiger partial charge >= 0.3 is 0 Å². The van der Waals surface area contributed by atoms with E-state index in [0.29, 0.717) is 23.8 Å². The van der Waals surface area contributed by atoms with Gasteiger partial charge in [-0.15, -0.1) is 0 Å². The number of rotatable bonds is 9. The molecule has 0 radical (unpaired) electrons. The number of hydrogen-bond acceptors (Lipinski definition) is 6. The molecule has 3 aromatic rings. The predicted molar refractivity (Wildman–Crippen MR) is 127 cm³/mol. The van der Waals surface area contributed by atoms with Gasteiger partial charge < -0.3 is 21.5 Å². The highest BCUT2D eigenvalue weighted by Gasteiger charge is 2.27. The molecule has 0 atom stereocenters. The number of hydrogen-bond donors (Lipinski definition) is 3. The van der Waals surface area contributed by atoms with Crippen molar-refractivity contribution in [2.45, 2.75) is 38.3 Å². The first-order valence-corrected chi connectivity index (χ1v) is 11.2. The Morgan fingerprint density at radius 3 is 2.53 bits per heavy atom. The van der Waals surface area contributed by atoms with Crippen LogP contribution in [0, 0.1) is 5.82 Å². The number of carbonyl (C=O) groups is 2. The van der Waals surface area contributed by atoms with Crippen LogP contribution < -0.4 is 21.5 Å². The zero-order valence-corrected chi connectivity index (χ0v) is 19.0. The number of nitrogen functional groups attached to an aromatic ring is 1. The molecule has 4 rings (SSSR count). The number of amides is 1. The molecule has 8 nitrogen and oxygen atoms in total. The highest BCUT2D eigenvalue weighted by molar-refractivity contribution is 6.03. The van der Waals surface area contributed by atoms with Crippen molar-refractivity contribution in [2.24, 2.45) is 5.73 Å². The Balaban J connectivity index is 1.45. The highest BCUT2D eigenvalue weighted by atomic mass is 19.1. The number of halogens is 1. The van der Waals surface area contributed by atoms with Crippen LogP contribution in [-0.4, -0.2) is 35.1 Å². The second kappa shape index (κ2) is 10.0. The molecule has 9 heteroatoms. The van der Waals surface area contributed by atoms with Gasteiger partial charge in [0.25, 0.3) is 5.91 Å². The summed E-state index contributed by atoms with van der Waals surface area (Å²) in [5.41, 5.74) is 14.4. The van der Waals surface area contributed by atoms with Crippen LogP contribution in [0.4, 0.5) is 10.2 Å². The second-order valence-corrected chi connectivity index (χ2v) is 8.42. The van der Waals surface area contributed by atoms with Crippen LogP contribution in [0.15, 0.2) is 42.5 Å². The zero-order valence-electron chi connectivity index (χ0n) is 19.0. The van der Waals surface area contributed by atoms with Crippen molar-refractivity contribution in [2.75, 3.05) is 19.4 Å². The van der Waals surface area contributed by atoms with E-state index in [1.165, 1.54) is 25.3 Å². The topological polar surface area (TPSA) is 125 Å². The molecule has 0 unspecified atom stereocenters. The van der Waals surface area contributed by atoms with Crippen molar-refractivity contribution < 1.29 is 18.7 Å². The number of benzene rings is 2. The van der Waals surface area contributed by atoms with Crippen molar-refractivity contribution in [3.63, 3.8) is 0 Å². The maximum atomic E-state index is 13.5. The number of ketones is 1. The average molecular weight is 466 g/mol. The summed E-state index contributed by atoms with van der Waals surface area (Å²) in [4.78, 5) is 24.6. The monoisotopic (exact) mass is 465 g/mol. The standard InChI is InChI=1S/C25H28FN5O3/c1-34-21-11-10-17(26)12-19(21)20(32)14-29-13-15-6-8-16(9-7-15)23-22(25(28)33)24(27)31(30-23)18-4-2-3-5-18/h6-12,18,29H,2-5,13-14,27H2,1H3,(H2,28,33). The summed E-state index contributed by atoms with van der Waals surface area (Å²) in [7, 11) is 1.44. The van der Waals surface area contributed by atoms with Crippen molar-refractivity contribution in [1.82, 2.24) is 15.1 Å². The van der Waals surface area contributed by atoms with Gasteiger partial charge in [0.2, 0.25) is 0 Å². The van der Waals surface area contributed by atoms with Gasteiger partial charge in [-0.25, -0.2) is 9.07 Å². The normalized spacial score (nSPS) is 13.8. The number of nitrogens with two attached hydrogens (primary N) is 2. The molecule has 34 heavy (non-hydrogen) atoms. The lowest BCUT2D eigenvalue weighted by Gasteiger charge is -2.11. The third-order valence-corrected chi connectivity index (χ3v) is 6.17. The van der Waals surface area contributed by atoms with Gasteiger partial charge in [0.1, 0.15) is 28.6 Å². The third kappa shape index (κ3) is 4.79. The maximum absolute atomic E-state index is 13.5. The summed E-state index contributed by atoms with van der Waals surface area (Å²) >= 11 is 0. The molecule has 1 aliphatic rings. The molecular weight excluding hydrogens is 437 g/mol. The van der Waals surface area contributed by atoms with Crippen LogP contribution in [0.1, 0.15) is 58.0 Å². The molecule has 0 saturated heterocycles. The van der Waals surface area contributed by atoms with Crippen LogP contribution in [0.3, 0.4) is 0 Å². The van der Waals surface area contributed by atoms with E-state index in [4.69, 9.17) is 16.2 Å². The molecule has 0 spiro atoms. The van der Waals surface area contributed by atoms with E-state index in [9.17, 15) is 14.0 Å². The summed E-state index contributed by atoms with van der Waals surface area (Å²) < 4.78 is 20.4. The van der Waals surface area contributed by atoms with Gasteiger partial charge in [0, 0.05) is 12.1 Å². The number of aromatic nitrogens is 2. The molecular formula is C25H28FN5O3. The molecule has 1 amide bonds.